The Balaban J connectivity index is 2.16. The van der Waals surface area contributed by atoms with Crippen molar-refractivity contribution in [1.82, 2.24) is 9.55 Å². The van der Waals surface area contributed by atoms with E-state index in [4.69, 9.17) is 26.3 Å². The number of nitrogens with zero attached hydrogens (tertiary/aromatic N) is 3. The summed E-state index contributed by atoms with van der Waals surface area (Å²) in [5.74, 6) is 1.02. The second-order valence-electron chi connectivity index (χ2n) is 6.12. The van der Waals surface area contributed by atoms with Crippen molar-refractivity contribution < 1.29 is 14.3 Å². The maximum absolute atomic E-state index is 11.9. The molecule has 6 nitrogen and oxygen atoms in total. The zero-order chi connectivity index (χ0) is 17.3. The predicted octanol–water partition coefficient (Wildman–Crippen LogP) is 3.26. The number of hydrogen-bond acceptors (Lipinski definition) is 5. The Kier molecular flexibility index (Phi) is 4.37. The topological polar surface area (TPSA) is 77.1 Å². The van der Waals surface area contributed by atoms with Gasteiger partial charge in [-0.1, -0.05) is 0 Å². The Morgan fingerprint density at radius 3 is 2.75 bits per heavy atom. The van der Waals surface area contributed by atoms with Gasteiger partial charge in [0.05, 0.1) is 37.2 Å². The minimum atomic E-state index is -0.437. The Morgan fingerprint density at radius 2 is 2.21 bits per heavy atom. The molecule has 2 aromatic rings. The highest BCUT2D eigenvalue weighted by Gasteiger charge is 2.43. The summed E-state index contributed by atoms with van der Waals surface area (Å²) in [5, 5.41) is 9.06. The van der Waals surface area contributed by atoms with Crippen molar-refractivity contribution >= 4 is 28.6 Å². The van der Waals surface area contributed by atoms with Crippen LogP contribution in [0.4, 0.5) is 0 Å². The molecule has 0 saturated heterocycles. The Labute approximate surface area is 144 Å². The van der Waals surface area contributed by atoms with E-state index in [1.807, 2.05) is 4.57 Å². The molecule has 0 unspecified atom stereocenters. The van der Waals surface area contributed by atoms with E-state index in [2.05, 4.69) is 11.1 Å². The van der Waals surface area contributed by atoms with E-state index in [1.54, 1.807) is 12.1 Å². The van der Waals surface area contributed by atoms with Crippen molar-refractivity contribution in [1.29, 1.82) is 5.26 Å². The number of ether oxygens (including phenoxy) is 2. The summed E-state index contributed by atoms with van der Waals surface area (Å²) in [4.78, 5) is 16.5. The molecule has 1 heterocycles. The van der Waals surface area contributed by atoms with E-state index in [0.717, 1.165) is 18.4 Å². The van der Waals surface area contributed by atoms with Gasteiger partial charge in [-0.25, -0.2) is 9.78 Å². The number of benzene rings is 1. The van der Waals surface area contributed by atoms with Gasteiger partial charge >= 0.3 is 5.97 Å². The second kappa shape index (κ2) is 6.33. The van der Waals surface area contributed by atoms with Crippen molar-refractivity contribution in [3.63, 3.8) is 0 Å². The van der Waals surface area contributed by atoms with Gasteiger partial charge in [-0.15, -0.1) is 11.6 Å². The van der Waals surface area contributed by atoms with Crippen LogP contribution in [-0.2, 0) is 17.2 Å². The van der Waals surface area contributed by atoms with Gasteiger partial charge in [0.25, 0.3) is 0 Å². The Bertz CT molecular complexity index is 834. The minimum Gasteiger partial charge on any atom is -0.494 e. The van der Waals surface area contributed by atoms with E-state index in [-0.39, 0.29) is 11.3 Å². The van der Waals surface area contributed by atoms with Crippen LogP contribution in [0.2, 0.25) is 0 Å². The Hall–Kier alpha value is -2.26. The number of rotatable bonds is 6. The van der Waals surface area contributed by atoms with Crippen LogP contribution in [0.15, 0.2) is 12.1 Å². The normalized spacial score (nSPS) is 15.1. The number of methoxy groups -OCH3 is 2. The zero-order valence-electron chi connectivity index (χ0n) is 13.6. The molecule has 24 heavy (non-hydrogen) atoms. The van der Waals surface area contributed by atoms with E-state index < -0.39 is 5.97 Å². The number of carbonyl (C=O) groups excluding carboxylic acids is 1. The molecule has 1 aromatic heterocycles. The van der Waals surface area contributed by atoms with Crippen molar-refractivity contribution in [2.75, 3.05) is 14.2 Å². The quantitative estimate of drug-likeness (QED) is 0.592. The smallest absolute Gasteiger partial charge is 0.338 e. The van der Waals surface area contributed by atoms with E-state index in [1.165, 1.54) is 14.2 Å². The summed E-state index contributed by atoms with van der Waals surface area (Å²) < 4.78 is 12.2. The van der Waals surface area contributed by atoms with Crippen LogP contribution in [0.1, 0.15) is 35.4 Å². The van der Waals surface area contributed by atoms with Crippen molar-refractivity contribution in [3.8, 4) is 11.8 Å². The number of fused-ring (bicyclic) bond motifs is 1. The fraction of sp³-hybridized carbons (Fsp3) is 0.471. The summed E-state index contributed by atoms with van der Waals surface area (Å²) in [5.41, 5.74) is 1.81. The minimum absolute atomic E-state index is 0.0162. The third-order valence-electron chi connectivity index (χ3n) is 4.56. The molecule has 0 N–H and O–H groups in total. The molecule has 7 heteroatoms. The first kappa shape index (κ1) is 16.6. The fourth-order valence-corrected chi connectivity index (χ4v) is 3.18. The lowest BCUT2D eigenvalue weighted by Crippen LogP contribution is -2.13. The standard InChI is InChI=1S/C17H18ClN3O3/c1-23-13-8-11(16(22)24-2)7-12-15(13)20-14(9-18)21(12)10-17(3-4-17)5-6-19/h7-8H,3-5,9-10H2,1-2H3. The highest BCUT2D eigenvalue weighted by Crippen LogP contribution is 2.50. The number of halogens is 1. The fourth-order valence-electron chi connectivity index (χ4n) is 2.98. The summed E-state index contributed by atoms with van der Waals surface area (Å²) >= 11 is 6.07. The summed E-state index contributed by atoms with van der Waals surface area (Å²) in [6, 6.07) is 5.63. The number of hydrogen-bond donors (Lipinski definition) is 0. The molecule has 126 valence electrons. The summed E-state index contributed by atoms with van der Waals surface area (Å²) in [7, 11) is 2.87. The number of alkyl halides is 1. The molecule has 1 fully saturated rings. The van der Waals surface area contributed by atoms with Crippen LogP contribution in [0.3, 0.4) is 0 Å². The first-order valence-electron chi connectivity index (χ1n) is 7.66. The van der Waals surface area contributed by atoms with E-state index in [9.17, 15) is 4.79 Å². The Morgan fingerprint density at radius 1 is 1.46 bits per heavy atom. The molecule has 0 amide bonds. The molecule has 1 aromatic carbocycles. The number of imidazole rings is 1. The van der Waals surface area contributed by atoms with Crippen LogP contribution < -0.4 is 4.74 Å². The van der Waals surface area contributed by atoms with Crippen molar-refractivity contribution in [3.05, 3.63) is 23.5 Å². The number of carbonyl (C=O) groups is 1. The number of esters is 1. The first-order valence-corrected chi connectivity index (χ1v) is 8.19. The lowest BCUT2D eigenvalue weighted by molar-refractivity contribution is 0.0600. The maximum atomic E-state index is 11.9. The molecule has 0 radical (unpaired) electrons. The van der Waals surface area contributed by atoms with Crippen LogP contribution in [0, 0.1) is 16.7 Å². The monoisotopic (exact) mass is 347 g/mol. The molecule has 0 aliphatic heterocycles. The first-order chi connectivity index (χ1) is 11.6. The van der Waals surface area contributed by atoms with Gasteiger partial charge in [0.2, 0.25) is 0 Å². The van der Waals surface area contributed by atoms with Crippen LogP contribution >= 0.6 is 11.6 Å². The van der Waals surface area contributed by atoms with Gasteiger partial charge in [0, 0.05) is 18.4 Å². The average Bonchev–Trinajstić information content (AvgIpc) is 3.27. The lowest BCUT2D eigenvalue weighted by atomic mass is 10.0. The average molecular weight is 348 g/mol. The molecule has 0 spiro atoms. The highest BCUT2D eigenvalue weighted by molar-refractivity contribution is 6.17. The summed E-state index contributed by atoms with van der Waals surface area (Å²) in [6.45, 7) is 0.660. The highest BCUT2D eigenvalue weighted by atomic mass is 35.5. The van der Waals surface area contributed by atoms with Crippen molar-refractivity contribution in [2.45, 2.75) is 31.7 Å². The maximum Gasteiger partial charge on any atom is 0.338 e. The predicted molar refractivity (Wildman–Crippen MR) is 89.1 cm³/mol. The van der Waals surface area contributed by atoms with E-state index >= 15 is 0 Å². The third-order valence-corrected chi connectivity index (χ3v) is 4.80. The molecule has 0 bridgehead atoms. The SMILES string of the molecule is COC(=O)c1cc(OC)c2nc(CCl)n(CC3(CC#N)CC3)c2c1. The lowest BCUT2D eigenvalue weighted by Gasteiger charge is -2.15. The number of aromatic nitrogens is 2. The molecule has 1 saturated carbocycles. The largest absolute Gasteiger partial charge is 0.494 e. The van der Waals surface area contributed by atoms with Crippen molar-refractivity contribution in [2.24, 2.45) is 5.41 Å². The van der Waals surface area contributed by atoms with Crippen LogP contribution in [0.5, 0.6) is 5.75 Å². The van der Waals surface area contributed by atoms with Gasteiger partial charge in [-0.05, 0) is 25.0 Å². The number of nitriles is 1. The molecule has 1 aliphatic carbocycles. The van der Waals surface area contributed by atoms with Gasteiger partial charge in [0.15, 0.2) is 0 Å². The van der Waals surface area contributed by atoms with Crippen LogP contribution in [-0.4, -0.2) is 29.7 Å². The molecule has 0 atom stereocenters. The zero-order valence-corrected chi connectivity index (χ0v) is 14.4. The second-order valence-corrected chi connectivity index (χ2v) is 6.39. The molecular weight excluding hydrogens is 330 g/mol. The van der Waals surface area contributed by atoms with Gasteiger partial charge in [-0.2, -0.15) is 5.26 Å². The molecular formula is C17H18ClN3O3. The van der Waals surface area contributed by atoms with Gasteiger partial charge < -0.3 is 14.0 Å². The van der Waals surface area contributed by atoms with E-state index in [0.29, 0.717) is 35.6 Å². The van der Waals surface area contributed by atoms with Crippen LogP contribution in [0.25, 0.3) is 11.0 Å². The van der Waals surface area contributed by atoms with Gasteiger partial charge in [-0.3, -0.25) is 0 Å². The third kappa shape index (κ3) is 2.80. The molecule has 3 rings (SSSR count). The van der Waals surface area contributed by atoms with Gasteiger partial charge in [0.1, 0.15) is 17.1 Å². The molecule has 1 aliphatic rings. The summed E-state index contributed by atoms with van der Waals surface area (Å²) in [6.07, 6.45) is 2.52.